The summed E-state index contributed by atoms with van der Waals surface area (Å²) in [5.41, 5.74) is 0.431. The summed E-state index contributed by atoms with van der Waals surface area (Å²) in [5, 5.41) is 2.47. The lowest BCUT2D eigenvalue weighted by atomic mass is 10.3. The van der Waals surface area contributed by atoms with Crippen LogP contribution < -0.4 is 10.2 Å². The van der Waals surface area contributed by atoms with Crippen molar-refractivity contribution in [2.24, 2.45) is 0 Å². The highest BCUT2D eigenvalue weighted by molar-refractivity contribution is 7.91. The van der Waals surface area contributed by atoms with Crippen molar-refractivity contribution in [2.75, 3.05) is 29.9 Å². The fraction of sp³-hybridized carbons (Fsp3) is 0.316. The smallest absolute Gasteiger partial charge is 0.328 e. The first-order valence-corrected chi connectivity index (χ1v) is 11.3. The molecular formula is C19H19F3N5O3S+. The second kappa shape index (κ2) is 7.93. The van der Waals surface area contributed by atoms with Crippen LogP contribution in [0.15, 0.2) is 42.7 Å². The summed E-state index contributed by atoms with van der Waals surface area (Å²) in [7, 11) is -2.99. The van der Waals surface area contributed by atoms with E-state index in [9.17, 15) is 26.4 Å². The average molecular weight is 454 g/mol. The predicted molar refractivity (Wildman–Crippen MR) is 105 cm³/mol. The van der Waals surface area contributed by atoms with E-state index in [1.54, 1.807) is 28.8 Å². The fourth-order valence-corrected chi connectivity index (χ4v) is 4.84. The number of pyridine rings is 2. The standard InChI is InChI=1S/C19H18F3N5O3S/c20-19(21,22)13-4-5-16(23-11-13)25-18(28)17-24-14(15-3-1-2-6-27(15)17)12-26-7-9-31(29,30)10-8-26/h1-6,11H,7-10,12H2,(H,23,25,28)/p+1. The van der Waals surface area contributed by atoms with Crippen molar-refractivity contribution in [1.82, 2.24) is 14.4 Å². The molecular weight excluding hydrogens is 435 g/mol. The van der Waals surface area contributed by atoms with Crippen LogP contribution in [0.2, 0.25) is 0 Å². The Balaban J connectivity index is 1.56. The van der Waals surface area contributed by atoms with Gasteiger partial charge in [-0.15, -0.1) is 0 Å². The Hall–Kier alpha value is -2.99. The third-order valence-electron chi connectivity index (χ3n) is 5.11. The molecule has 31 heavy (non-hydrogen) atoms. The number of quaternary nitrogens is 1. The van der Waals surface area contributed by atoms with E-state index in [2.05, 4.69) is 15.3 Å². The Labute approximate surface area is 175 Å². The number of carbonyl (C=O) groups is 1. The summed E-state index contributed by atoms with van der Waals surface area (Å²) in [4.78, 5) is 21.9. The zero-order chi connectivity index (χ0) is 22.2. The number of aromatic nitrogens is 3. The van der Waals surface area contributed by atoms with Crippen LogP contribution in [0.25, 0.3) is 5.52 Å². The maximum atomic E-state index is 12.8. The number of halogens is 3. The van der Waals surface area contributed by atoms with Crippen LogP contribution >= 0.6 is 0 Å². The highest BCUT2D eigenvalue weighted by atomic mass is 32.2. The van der Waals surface area contributed by atoms with Crippen molar-refractivity contribution >= 4 is 27.1 Å². The van der Waals surface area contributed by atoms with Crippen LogP contribution in [0.1, 0.15) is 21.9 Å². The number of nitrogens with zero attached hydrogens (tertiary/aromatic N) is 3. The van der Waals surface area contributed by atoms with E-state index in [4.69, 9.17) is 0 Å². The number of imidazole rings is 1. The molecule has 0 saturated carbocycles. The summed E-state index contributed by atoms with van der Waals surface area (Å²) in [6, 6.07) is 7.25. The highest BCUT2D eigenvalue weighted by Crippen LogP contribution is 2.28. The van der Waals surface area contributed by atoms with E-state index >= 15 is 0 Å². The SMILES string of the molecule is O=C(Nc1ccc(C(F)(F)F)cn1)c1nc(C[NH+]2CCS(=O)(=O)CC2)c2ccccn12. The van der Waals surface area contributed by atoms with Gasteiger partial charge in [-0.25, -0.2) is 18.4 Å². The van der Waals surface area contributed by atoms with E-state index in [0.717, 1.165) is 17.0 Å². The van der Waals surface area contributed by atoms with Crippen LogP contribution in [0, 0.1) is 0 Å². The summed E-state index contributed by atoms with van der Waals surface area (Å²) < 4.78 is 62.9. The molecule has 3 aromatic heterocycles. The average Bonchev–Trinajstić information content (AvgIpc) is 3.08. The van der Waals surface area contributed by atoms with Gasteiger partial charge in [0.05, 0.1) is 35.7 Å². The molecule has 0 aromatic carbocycles. The highest BCUT2D eigenvalue weighted by Gasteiger charge is 2.31. The maximum Gasteiger partial charge on any atom is 0.417 e. The van der Waals surface area contributed by atoms with Gasteiger partial charge in [0.1, 0.15) is 18.1 Å². The summed E-state index contributed by atoms with van der Waals surface area (Å²) >= 11 is 0. The minimum atomic E-state index is -4.51. The molecule has 8 nitrogen and oxygen atoms in total. The monoisotopic (exact) mass is 454 g/mol. The lowest BCUT2D eigenvalue weighted by molar-refractivity contribution is -0.910. The molecule has 4 rings (SSSR count). The van der Waals surface area contributed by atoms with Gasteiger partial charge in [-0.2, -0.15) is 13.2 Å². The normalized spacial score (nSPS) is 17.0. The van der Waals surface area contributed by atoms with Gasteiger partial charge in [0, 0.05) is 12.4 Å². The minimum Gasteiger partial charge on any atom is -0.328 e. The van der Waals surface area contributed by atoms with Crippen molar-refractivity contribution in [2.45, 2.75) is 12.7 Å². The number of carbonyl (C=O) groups excluding carboxylic acids is 1. The Morgan fingerprint density at radius 3 is 2.55 bits per heavy atom. The maximum absolute atomic E-state index is 12.8. The molecule has 12 heteroatoms. The van der Waals surface area contributed by atoms with Gasteiger partial charge < -0.3 is 10.2 Å². The first kappa shape index (κ1) is 21.2. The van der Waals surface area contributed by atoms with Crippen molar-refractivity contribution in [3.63, 3.8) is 0 Å². The fourth-order valence-electron chi connectivity index (χ4n) is 3.44. The van der Waals surface area contributed by atoms with Gasteiger partial charge in [-0.1, -0.05) is 6.07 Å². The lowest BCUT2D eigenvalue weighted by Crippen LogP contribution is -3.13. The molecule has 1 amide bonds. The van der Waals surface area contributed by atoms with Crippen LogP contribution in [-0.2, 0) is 22.6 Å². The number of amides is 1. The largest absolute Gasteiger partial charge is 0.417 e. The number of anilines is 1. The second-order valence-corrected chi connectivity index (χ2v) is 9.60. The van der Waals surface area contributed by atoms with Crippen molar-refractivity contribution < 1.29 is 31.3 Å². The van der Waals surface area contributed by atoms with Crippen LogP contribution in [-0.4, -0.2) is 53.3 Å². The summed E-state index contributed by atoms with van der Waals surface area (Å²) in [5.74, 6) is -0.353. The Morgan fingerprint density at radius 2 is 1.90 bits per heavy atom. The molecule has 1 aliphatic rings. The molecule has 0 atom stereocenters. The first-order valence-electron chi connectivity index (χ1n) is 9.47. The van der Waals surface area contributed by atoms with E-state index in [0.29, 0.717) is 37.0 Å². The lowest BCUT2D eigenvalue weighted by Gasteiger charge is -2.22. The van der Waals surface area contributed by atoms with Gasteiger partial charge in [0.25, 0.3) is 5.91 Å². The minimum absolute atomic E-state index is 0.0286. The number of nitrogens with one attached hydrogen (secondary N) is 2. The number of alkyl halides is 3. The Bertz CT molecular complexity index is 1210. The molecule has 2 N–H and O–H groups in total. The molecule has 0 aliphatic carbocycles. The molecule has 164 valence electrons. The first-order chi connectivity index (χ1) is 14.6. The predicted octanol–water partition coefficient (Wildman–Crippen LogP) is 0.814. The molecule has 0 radical (unpaired) electrons. The molecule has 0 spiro atoms. The van der Waals surface area contributed by atoms with Crippen LogP contribution in [0.5, 0.6) is 0 Å². The van der Waals surface area contributed by atoms with Crippen molar-refractivity contribution in [1.29, 1.82) is 0 Å². The Morgan fingerprint density at radius 1 is 1.16 bits per heavy atom. The van der Waals surface area contributed by atoms with Crippen molar-refractivity contribution in [3.8, 4) is 0 Å². The zero-order valence-electron chi connectivity index (χ0n) is 16.2. The molecule has 0 bridgehead atoms. The number of sulfone groups is 1. The number of fused-ring (bicyclic) bond motifs is 1. The number of hydrogen-bond acceptors (Lipinski definition) is 5. The molecule has 4 heterocycles. The van der Waals surface area contributed by atoms with E-state index in [1.807, 2.05) is 0 Å². The van der Waals surface area contributed by atoms with Crippen LogP contribution in [0.4, 0.5) is 19.0 Å². The third kappa shape index (κ3) is 4.69. The number of rotatable bonds is 4. The molecule has 1 fully saturated rings. The van der Waals surface area contributed by atoms with Crippen molar-refractivity contribution in [3.05, 3.63) is 59.8 Å². The van der Waals surface area contributed by atoms with Gasteiger partial charge >= 0.3 is 6.18 Å². The molecule has 3 aromatic rings. The van der Waals surface area contributed by atoms with Gasteiger partial charge in [0.2, 0.25) is 5.82 Å². The topological polar surface area (TPSA) is 97.9 Å². The summed E-state index contributed by atoms with van der Waals surface area (Å²) in [6.07, 6.45) is -2.20. The van der Waals surface area contributed by atoms with Crippen LogP contribution in [0.3, 0.4) is 0 Å². The van der Waals surface area contributed by atoms with E-state index < -0.39 is 27.5 Å². The van der Waals surface area contributed by atoms with E-state index in [1.165, 1.54) is 0 Å². The second-order valence-electron chi connectivity index (χ2n) is 7.30. The van der Waals surface area contributed by atoms with E-state index in [-0.39, 0.29) is 23.1 Å². The van der Waals surface area contributed by atoms with Gasteiger partial charge in [-0.05, 0) is 24.3 Å². The third-order valence-corrected chi connectivity index (χ3v) is 6.76. The zero-order valence-corrected chi connectivity index (χ0v) is 17.0. The number of hydrogen-bond donors (Lipinski definition) is 2. The quantitative estimate of drug-likeness (QED) is 0.608. The Kier molecular flexibility index (Phi) is 5.43. The molecule has 0 unspecified atom stereocenters. The molecule has 1 saturated heterocycles. The van der Waals surface area contributed by atoms with Gasteiger partial charge in [0.15, 0.2) is 9.84 Å². The van der Waals surface area contributed by atoms with Gasteiger partial charge in [-0.3, -0.25) is 9.20 Å². The molecule has 1 aliphatic heterocycles. The summed E-state index contributed by atoms with van der Waals surface area (Å²) in [6.45, 7) is 1.38.